The molecule has 0 aliphatic heterocycles. The summed E-state index contributed by atoms with van der Waals surface area (Å²) in [5.41, 5.74) is 11.9. The van der Waals surface area contributed by atoms with E-state index in [0.717, 1.165) is 5.56 Å². The van der Waals surface area contributed by atoms with Crippen LogP contribution in [0, 0.1) is 0 Å². The summed E-state index contributed by atoms with van der Waals surface area (Å²) in [7, 11) is 0. The second kappa shape index (κ2) is 5.92. The summed E-state index contributed by atoms with van der Waals surface area (Å²) in [6.07, 6.45) is 0.191. The minimum Gasteiger partial charge on any atom is -0.370 e. The highest BCUT2D eigenvalue weighted by atomic mass is 32.2. The van der Waals surface area contributed by atoms with E-state index in [2.05, 4.69) is 13.8 Å². The number of benzene rings is 1. The summed E-state index contributed by atoms with van der Waals surface area (Å²) in [5, 5.41) is 0.560. The molecule has 0 fully saturated rings. The van der Waals surface area contributed by atoms with E-state index < -0.39 is 0 Å². The van der Waals surface area contributed by atoms with Gasteiger partial charge in [-0.25, -0.2) is 0 Å². The molecule has 0 bridgehead atoms. The van der Waals surface area contributed by atoms with Crippen LogP contribution in [0.25, 0.3) is 0 Å². The highest BCUT2D eigenvalue weighted by molar-refractivity contribution is 7.99. The number of hydrogen-bond acceptors (Lipinski definition) is 3. The van der Waals surface area contributed by atoms with Crippen LogP contribution < -0.4 is 11.5 Å². The third kappa shape index (κ3) is 4.24. The maximum atomic E-state index is 10.7. The summed E-state index contributed by atoms with van der Waals surface area (Å²) in [5.74, 6) is -0.367. The summed E-state index contributed by atoms with van der Waals surface area (Å²) < 4.78 is 0. The Hall–Kier alpha value is -1.00. The van der Waals surface area contributed by atoms with Gasteiger partial charge in [-0.15, -0.1) is 11.8 Å². The van der Waals surface area contributed by atoms with Crippen molar-refractivity contribution in [1.29, 1.82) is 0 Å². The van der Waals surface area contributed by atoms with Crippen LogP contribution in [-0.4, -0.2) is 11.2 Å². The zero-order valence-electron chi connectivity index (χ0n) is 9.64. The summed E-state index contributed by atoms with van der Waals surface area (Å²) in [6.45, 7) is 4.30. The van der Waals surface area contributed by atoms with Crippen molar-refractivity contribution in [2.75, 3.05) is 0 Å². The van der Waals surface area contributed by atoms with Crippen molar-refractivity contribution in [3.05, 3.63) is 29.8 Å². The molecule has 16 heavy (non-hydrogen) atoms. The highest BCUT2D eigenvalue weighted by Crippen LogP contribution is 2.24. The molecule has 1 aromatic rings. The number of primary amides is 1. The van der Waals surface area contributed by atoms with Crippen molar-refractivity contribution >= 4 is 17.7 Å². The molecule has 0 aliphatic rings. The third-order valence-corrected chi connectivity index (χ3v) is 3.12. The third-order valence-electron chi connectivity index (χ3n) is 2.10. The Balaban J connectivity index is 2.66. The Morgan fingerprint density at radius 3 is 2.31 bits per heavy atom. The monoisotopic (exact) mass is 238 g/mol. The van der Waals surface area contributed by atoms with Gasteiger partial charge in [0.2, 0.25) is 5.91 Å². The molecule has 4 N–H and O–H groups in total. The van der Waals surface area contributed by atoms with Crippen molar-refractivity contribution in [2.24, 2.45) is 11.5 Å². The largest absolute Gasteiger partial charge is 0.370 e. The van der Waals surface area contributed by atoms with Gasteiger partial charge < -0.3 is 11.5 Å². The number of nitrogens with two attached hydrogens (primary N) is 2. The van der Waals surface area contributed by atoms with Gasteiger partial charge in [-0.2, -0.15) is 0 Å². The van der Waals surface area contributed by atoms with Crippen LogP contribution in [0.3, 0.4) is 0 Å². The molecule has 1 rings (SSSR count). The quantitative estimate of drug-likeness (QED) is 0.771. The van der Waals surface area contributed by atoms with E-state index in [1.165, 1.54) is 4.90 Å². The van der Waals surface area contributed by atoms with Crippen molar-refractivity contribution in [3.8, 4) is 0 Å². The lowest BCUT2D eigenvalue weighted by Gasteiger charge is -2.11. The van der Waals surface area contributed by atoms with Crippen molar-refractivity contribution in [1.82, 2.24) is 0 Å². The maximum absolute atomic E-state index is 10.7. The number of thioether (sulfide) groups is 1. The predicted molar refractivity (Wildman–Crippen MR) is 68.2 cm³/mol. The van der Waals surface area contributed by atoms with Crippen LogP contribution in [0.1, 0.15) is 31.9 Å². The van der Waals surface area contributed by atoms with Crippen LogP contribution in [0.4, 0.5) is 0 Å². The first-order chi connectivity index (χ1) is 7.49. The zero-order valence-corrected chi connectivity index (χ0v) is 10.5. The van der Waals surface area contributed by atoms with Gasteiger partial charge >= 0.3 is 0 Å². The SMILES string of the molecule is CC(C)Sc1ccc(C(N)CC(N)=O)cc1. The topological polar surface area (TPSA) is 69.1 Å². The van der Waals surface area contributed by atoms with E-state index in [1.807, 2.05) is 24.3 Å². The average Bonchev–Trinajstić information content (AvgIpc) is 2.16. The molecule has 1 aromatic carbocycles. The number of amides is 1. The number of carbonyl (C=O) groups excluding carboxylic acids is 1. The second-order valence-electron chi connectivity index (χ2n) is 4.01. The van der Waals surface area contributed by atoms with Gasteiger partial charge in [-0.3, -0.25) is 4.79 Å². The molecule has 0 spiro atoms. The number of hydrogen-bond donors (Lipinski definition) is 2. The maximum Gasteiger partial charge on any atom is 0.219 e. The van der Waals surface area contributed by atoms with Crippen molar-refractivity contribution < 1.29 is 4.79 Å². The van der Waals surface area contributed by atoms with Crippen LogP contribution >= 0.6 is 11.8 Å². The Kier molecular flexibility index (Phi) is 4.83. The first-order valence-electron chi connectivity index (χ1n) is 5.29. The Bertz CT molecular complexity index is 349. The summed E-state index contributed by atoms with van der Waals surface area (Å²) >= 11 is 1.80. The van der Waals surface area contributed by atoms with Gasteiger partial charge in [-0.05, 0) is 17.7 Å². The molecule has 88 valence electrons. The van der Waals surface area contributed by atoms with E-state index in [-0.39, 0.29) is 18.4 Å². The van der Waals surface area contributed by atoms with Crippen LogP contribution in [-0.2, 0) is 4.79 Å². The molecule has 1 unspecified atom stereocenters. The average molecular weight is 238 g/mol. The van der Waals surface area contributed by atoms with Crippen molar-refractivity contribution in [3.63, 3.8) is 0 Å². The Morgan fingerprint density at radius 2 is 1.88 bits per heavy atom. The van der Waals surface area contributed by atoms with Crippen LogP contribution in [0.2, 0.25) is 0 Å². The Labute approximate surface area is 101 Å². The van der Waals surface area contributed by atoms with Crippen LogP contribution in [0.5, 0.6) is 0 Å². The molecule has 4 heteroatoms. The highest BCUT2D eigenvalue weighted by Gasteiger charge is 2.09. The second-order valence-corrected chi connectivity index (χ2v) is 5.66. The number of rotatable bonds is 5. The molecule has 0 radical (unpaired) electrons. The van der Waals surface area contributed by atoms with E-state index in [1.54, 1.807) is 11.8 Å². The molecule has 0 heterocycles. The molecule has 3 nitrogen and oxygen atoms in total. The lowest BCUT2D eigenvalue weighted by atomic mass is 10.0. The fraction of sp³-hybridized carbons (Fsp3) is 0.417. The molecule has 1 atom stereocenters. The van der Waals surface area contributed by atoms with Gasteiger partial charge in [-0.1, -0.05) is 26.0 Å². The van der Waals surface area contributed by atoms with Gasteiger partial charge in [0.05, 0.1) is 0 Å². The van der Waals surface area contributed by atoms with Gasteiger partial charge in [0.25, 0.3) is 0 Å². The van der Waals surface area contributed by atoms with E-state index in [0.29, 0.717) is 5.25 Å². The fourth-order valence-corrected chi connectivity index (χ4v) is 2.24. The van der Waals surface area contributed by atoms with Gasteiger partial charge in [0.15, 0.2) is 0 Å². The molecule has 0 aromatic heterocycles. The summed E-state index contributed by atoms with van der Waals surface area (Å²) in [6, 6.07) is 7.67. The molecule has 0 saturated heterocycles. The zero-order chi connectivity index (χ0) is 12.1. The standard InChI is InChI=1S/C12H18N2OS/c1-8(2)16-10-5-3-9(4-6-10)11(13)7-12(14)15/h3-6,8,11H,7,13H2,1-2H3,(H2,14,15). The molecular weight excluding hydrogens is 220 g/mol. The number of carbonyl (C=O) groups is 1. The molecule has 1 amide bonds. The smallest absolute Gasteiger partial charge is 0.219 e. The summed E-state index contributed by atoms with van der Waals surface area (Å²) in [4.78, 5) is 11.9. The predicted octanol–water partition coefficient (Wildman–Crippen LogP) is 2.06. The van der Waals surface area contributed by atoms with Crippen molar-refractivity contribution in [2.45, 2.75) is 36.5 Å². The lowest BCUT2D eigenvalue weighted by molar-refractivity contribution is -0.118. The first-order valence-corrected chi connectivity index (χ1v) is 6.17. The minimum atomic E-state index is -0.367. The minimum absolute atomic E-state index is 0.191. The van der Waals surface area contributed by atoms with E-state index in [4.69, 9.17) is 11.5 Å². The molecular formula is C12H18N2OS. The van der Waals surface area contributed by atoms with Crippen LogP contribution in [0.15, 0.2) is 29.2 Å². The van der Waals surface area contributed by atoms with E-state index >= 15 is 0 Å². The fourth-order valence-electron chi connectivity index (χ4n) is 1.40. The normalized spacial score (nSPS) is 12.8. The molecule has 0 aliphatic carbocycles. The van der Waals surface area contributed by atoms with E-state index in [9.17, 15) is 4.79 Å². The molecule has 0 saturated carbocycles. The lowest BCUT2D eigenvalue weighted by Crippen LogP contribution is -2.20. The van der Waals surface area contributed by atoms with Gasteiger partial charge in [0, 0.05) is 22.6 Å². The van der Waals surface area contributed by atoms with Gasteiger partial charge in [0.1, 0.15) is 0 Å². The first kappa shape index (κ1) is 13.1. The Morgan fingerprint density at radius 1 is 1.31 bits per heavy atom.